The van der Waals surface area contributed by atoms with E-state index in [4.69, 9.17) is 0 Å². The SMILES string of the molecule is N#Cc1ccc2c(c1)c1cc(C#N)ccc1n2-c1ccc(-c2ccc(-n3c4ccccc4c4c(-n5c6ccccc6c6ccccc65)cccc43)cc2)cc1C#N. The number of nitrogens with zero attached hydrogens (tertiary/aromatic N) is 6. The molecule has 0 unspecified atom stereocenters. The lowest BCUT2D eigenvalue weighted by molar-refractivity contribution is 1.16. The fraction of sp³-hybridized carbons (Fsp3) is 0. The lowest BCUT2D eigenvalue weighted by Gasteiger charge is -2.13. The zero-order valence-electron chi connectivity index (χ0n) is 30.3. The van der Waals surface area contributed by atoms with Gasteiger partial charge in [0.05, 0.1) is 73.3 Å². The summed E-state index contributed by atoms with van der Waals surface area (Å²) in [4.78, 5) is 0. The lowest BCUT2D eigenvalue weighted by Crippen LogP contribution is -1.98. The zero-order valence-corrected chi connectivity index (χ0v) is 30.3. The van der Waals surface area contributed by atoms with Crippen molar-refractivity contribution in [3.05, 3.63) is 187 Å². The average molecular weight is 725 g/mol. The Morgan fingerprint density at radius 1 is 0.333 bits per heavy atom. The maximum absolute atomic E-state index is 10.5. The highest BCUT2D eigenvalue weighted by Crippen LogP contribution is 2.41. The maximum Gasteiger partial charge on any atom is 0.101 e. The van der Waals surface area contributed by atoms with E-state index in [0.29, 0.717) is 16.7 Å². The van der Waals surface area contributed by atoms with Crippen LogP contribution in [0.3, 0.4) is 0 Å². The summed E-state index contributed by atoms with van der Waals surface area (Å²) in [7, 11) is 0. The van der Waals surface area contributed by atoms with E-state index in [1.807, 2.05) is 41.0 Å². The fourth-order valence-corrected chi connectivity index (χ4v) is 8.87. The van der Waals surface area contributed by atoms with Gasteiger partial charge in [0.2, 0.25) is 0 Å². The van der Waals surface area contributed by atoms with Crippen LogP contribution in [0.15, 0.2) is 170 Å². The van der Waals surface area contributed by atoms with E-state index in [9.17, 15) is 15.8 Å². The summed E-state index contributed by atoms with van der Waals surface area (Å²) in [5.41, 5.74) is 12.7. The number of benzene rings is 8. The molecule has 57 heavy (non-hydrogen) atoms. The van der Waals surface area contributed by atoms with E-state index in [1.54, 1.807) is 12.1 Å². The maximum atomic E-state index is 10.5. The molecule has 11 rings (SSSR count). The van der Waals surface area contributed by atoms with Crippen LogP contribution >= 0.6 is 0 Å². The van der Waals surface area contributed by atoms with E-state index in [2.05, 4.69) is 149 Å². The van der Waals surface area contributed by atoms with E-state index >= 15 is 0 Å². The molecule has 262 valence electrons. The normalized spacial score (nSPS) is 11.5. The van der Waals surface area contributed by atoms with Crippen LogP contribution in [-0.4, -0.2) is 13.7 Å². The van der Waals surface area contributed by atoms with Gasteiger partial charge in [-0.15, -0.1) is 0 Å². The Hall–Kier alpha value is -8.37. The summed E-state index contributed by atoms with van der Waals surface area (Å²) in [5, 5.41) is 36.3. The summed E-state index contributed by atoms with van der Waals surface area (Å²) in [6.07, 6.45) is 0. The zero-order chi connectivity index (χ0) is 38.2. The van der Waals surface area contributed by atoms with Crippen molar-refractivity contribution in [3.8, 4) is 46.4 Å². The largest absolute Gasteiger partial charge is 0.309 e. The van der Waals surface area contributed by atoms with Gasteiger partial charge in [0.1, 0.15) is 6.07 Å². The quantitative estimate of drug-likeness (QED) is 0.181. The molecule has 0 amide bonds. The molecule has 0 saturated heterocycles. The molecule has 3 aromatic heterocycles. The Balaban J connectivity index is 1.04. The Bertz CT molecular complexity index is 3490. The molecule has 8 aromatic carbocycles. The molecular weight excluding hydrogens is 697 g/mol. The van der Waals surface area contributed by atoms with Crippen molar-refractivity contribution in [2.24, 2.45) is 0 Å². The third-order valence-corrected chi connectivity index (χ3v) is 11.3. The second-order valence-electron chi connectivity index (χ2n) is 14.3. The van der Waals surface area contributed by atoms with Crippen molar-refractivity contribution < 1.29 is 0 Å². The fourth-order valence-electron chi connectivity index (χ4n) is 8.87. The minimum atomic E-state index is 0.518. The molecule has 3 heterocycles. The van der Waals surface area contributed by atoms with Crippen molar-refractivity contribution >= 4 is 65.4 Å². The molecule has 0 N–H and O–H groups in total. The van der Waals surface area contributed by atoms with Crippen LogP contribution < -0.4 is 0 Å². The summed E-state index contributed by atoms with van der Waals surface area (Å²) in [6.45, 7) is 0. The predicted molar refractivity (Wildman–Crippen MR) is 229 cm³/mol. The smallest absolute Gasteiger partial charge is 0.101 e. The minimum Gasteiger partial charge on any atom is -0.309 e. The highest BCUT2D eigenvalue weighted by molar-refractivity contribution is 6.16. The molecule has 11 aromatic rings. The molecule has 0 aliphatic rings. The molecule has 0 radical (unpaired) electrons. The van der Waals surface area contributed by atoms with Gasteiger partial charge in [-0.3, -0.25) is 0 Å². The Morgan fingerprint density at radius 3 is 1.44 bits per heavy atom. The Labute approximate surface area is 326 Å². The first-order chi connectivity index (χ1) is 28.1. The molecule has 6 nitrogen and oxygen atoms in total. The number of hydrogen-bond donors (Lipinski definition) is 0. The van der Waals surface area contributed by atoms with Gasteiger partial charge < -0.3 is 13.7 Å². The summed E-state index contributed by atoms with van der Waals surface area (Å²) in [6, 6.07) is 65.0. The van der Waals surface area contributed by atoms with Gasteiger partial charge in [-0.05, 0) is 102 Å². The number of para-hydroxylation sites is 3. The van der Waals surface area contributed by atoms with Gasteiger partial charge >= 0.3 is 0 Å². The highest BCUT2D eigenvalue weighted by Gasteiger charge is 2.20. The monoisotopic (exact) mass is 724 g/mol. The summed E-state index contributed by atoms with van der Waals surface area (Å²) < 4.78 is 6.79. The second kappa shape index (κ2) is 12.3. The third-order valence-electron chi connectivity index (χ3n) is 11.3. The average Bonchev–Trinajstić information content (AvgIpc) is 3.91. The molecule has 0 saturated carbocycles. The van der Waals surface area contributed by atoms with Crippen LogP contribution in [0.5, 0.6) is 0 Å². The van der Waals surface area contributed by atoms with Crippen LogP contribution in [0.4, 0.5) is 0 Å². The molecule has 0 aliphatic heterocycles. The van der Waals surface area contributed by atoms with Crippen molar-refractivity contribution in [2.45, 2.75) is 0 Å². The van der Waals surface area contributed by atoms with E-state index in [1.165, 1.54) is 32.6 Å². The summed E-state index contributed by atoms with van der Waals surface area (Å²) in [5.74, 6) is 0. The summed E-state index contributed by atoms with van der Waals surface area (Å²) >= 11 is 0. The molecule has 0 spiro atoms. The van der Waals surface area contributed by atoms with Gasteiger partial charge in [0.25, 0.3) is 0 Å². The van der Waals surface area contributed by atoms with Crippen molar-refractivity contribution in [2.75, 3.05) is 0 Å². The van der Waals surface area contributed by atoms with E-state index < -0.39 is 0 Å². The molecular formula is C51H28N6. The first-order valence-corrected chi connectivity index (χ1v) is 18.7. The highest BCUT2D eigenvalue weighted by atomic mass is 15.0. The molecule has 6 heteroatoms. The number of aromatic nitrogens is 3. The van der Waals surface area contributed by atoms with Crippen molar-refractivity contribution in [1.29, 1.82) is 15.8 Å². The van der Waals surface area contributed by atoms with Gasteiger partial charge in [0, 0.05) is 38.0 Å². The number of nitriles is 3. The predicted octanol–water partition coefficient (Wildman–Crippen LogP) is 12.3. The number of rotatable bonds is 4. The van der Waals surface area contributed by atoms with Crippen molar-refractivity contribution in [3.63, 3.8) is 0 Å². The minimum absolute atomic E-state index is 0.518. The standard InChI is InChI=1S/C51H28N6/c52-29-32-16-23-47-41(26-32)42-27-33(30-53)17-24-48(42)56(47)43-25-20-35(28-36(43)31-54)34-18-21-37(22-19-34)55-46-13-6-3-10-40(46)51-49(55)14-7-15-50(51)57-44-11-4-1-8-38(44)39-9-2-5-12-45(39)57/h1-28H. The van der Waals surface area contributed by atoms with Crippen LogP contribution in [0, 0.1) is 34.0 Å². The van der Waals surface area contributed by atoms with E-state index in [-0.39, 0.29) is 0 Å². The first-order valence-electron chi connectivity index (χ1n) is 18.7. The van der Waals surface area contributed by atoms with Gasteiger partial charge in [-0.2, -0.15) is 15.8 Å². The van der Waals surface area contributed by atoms with Crippen LogP contribution in [-0.2, 0) is 0 Å². The Kier molecular flexibility index (Phi) is 6.95. The van der Waals surface area contributed by atoms with Gasteiger partial charge in [-0.1, -0.05) is 78.9 Å². The number of hydrogen-bond acceptors (Lipinski definition) is 3. The van der Waals surface area contributed by atoms with Crippen LogP contribution in [0.2, 0.25) is 0 Å². The van der Waals surface area contributed by atoms with Crippen LogP contribution in [0.25, 0.3) is 93.6 Å². The van der Waals surface area contributed by atoms with Crippen molar-refractivity contribution in [1.82, 2.24) is 13.7 Å². The van der Waals surface area contributed by atoms with Crippen LogP contribution in [0.1, 0.15) is 16.7 Å². The topological polar surface area (TPSA) is 86.2 Å². The number of fused-ring (bicyclic) bond motifs is 9. The molecule has 0 bridgehead atoms. The first kappa shape index (κ1) is 32.1. The molecule has 0 aliphatic carbocycles. The third kappa shape index (κ3) is 4.68. The van der Waals surface area contributed by atoms with E-state index in [0.717, 1.165) is 61.0 Å². The lowest BCUT2D eigenvalue weighted by atomic mass is 10.0. The Morgan fingerprint density at radius 2 is 0.842 bits per heavy atom. The van der Waals surface area contributed by atoms with Gasteiger partial charge in [0.15, 0.2) is 0 Å². The van der Waals surface area contributed by atoms with Gasteiger partial charge in [-0.25, -0.2) is 0 Å². The second-order valence-corrected chi connectivity index (χ2v) is 14.3. The molecule has 0 atom stereocenters. The molecule has 0 fully saturated rings.